The molecule has 0 aromatic heterocycles. The lowest BCUT2D eigenvalue weighted by Gasteiger charge is -2.17. The highest BCUT2D eigenvalue weighted by Crippen LogP contribution is 2.23. The minimum atomic E-state index is -0.524. The Morgan fingerprint density at radius 3 is 2.67 bits per heavy atom. The van der Waals surface area contributed by atoms with Crippen LogP contribution in [0.1, 0.15) is 26.3 Å². The summed E-state index contributed by atoms with van der Waals surface area (Å²) in [5.74, 6) is 0.975. The molecule has 4 nitrogen and oxygen atoms in total. The molecule has 0 heterocycles. The highest BCUT2D eigenvalue weighted by molar-refractivity contribution is 5.80. The molecule has 4 heteroatoms. The number of anilines is 1. The molecular formula is C14H22N2O2. The number of hydrogen-bond donors (Lipinski definition) is 2. The number of nitrogens with two attached hydrogens (primary N) is 1. The first kappa shape index (κ1) is 14.4. The summed E-state index contributed by atoms with van der Waals surface area (Å²) in [5, 5.41) is 2.84. The van der Waals surface area contributed by atoms with Crippen LogP contribution in [0.25, 0.3) is 0 Å². The van der Waals surface area contributed by atoms with Crippen molar-refractivity contribution in [1.29, 1.82) is 0 Å². The van der Waals surface area contributed by atoms with Gasteiger partial charge in [-0.15, -0.1) is 0 Å². The van der Waals surface area contributed by atoms with Crippen LogP contribution in [0.3, 0.4) is 0 Å². The van der Waals surface area contributed by atoms with Gasteiger partial charge in [0.2, 0.25) is 0 Å². The van der Waals surface area contributed by atoms with Crippen molar-refractivity contribution >= 4 is 11.6 Å². The van der Waals surface area contributed by atoms with Crippen LogP contribution in [0.15, 0.2) is 18.2 Å². The molecule has 1 rings (SSSR count). The van der Waals surface area contributed by atoms with Gasteiger partial charge in [-0.05, 0) is 31.9 Å². The van der Waals surface area contributed by atoms with Gasteiger partial charge in [0.1, 0.15) is 5.75 Å². The van der Waals surface area contributed by atoms with Gasteiger partial charge in [0, 0.05) is 17.8 Å². The van der Waals surface area contributed by atoms with E-state index in [2.05, 4.69) is 5.32 Å². The molecule has 1 atom stereocenters. The Morgan fingerprint density at radius 1 is 1.39 bits per heavy atom. The van der Waals surface area contributed by atoms with Gasteiger partial charge in [-0.2, -0.15) is 0 Å². The predicted molar refractivity (Wildman–Crippen MR) is 73.5 cm³/mol. The molecule has 3 N–H and O–H groups in total. The van der Waals surface area contributed by atoms with Crippen LogP contribution >= 0.6 is 0 Å². The number of nitrogen functional groups attached to an aromatic ring is 1. The van der Waals surface area contributed by atoms with Crippen LogP contribution < -0.4 is 15.8 Å². The largest absolute Gasteiger partial charge is 0.481 e. The van der Waals surface area contributed by atoms with Crippen LogP contribution in [0.2, 0.25) is 0 Å². The first-order valence-electron chi connectivity index (χ1n) is 6.21. The summed E-state index contributed by atoms with van der Waals surface area (Å²) in [6, 6.07) is 5.44. The van der Waals surface area contributed by atoms with Gasteiger partial charge in [0.15, 0.2) is 6.10 Å². The molecule has 0 saturated heterocycles. The Bertz CT molecular complexity index is 416. The summed E-state index contributed by atoms with van der Waals surface area (Å²) in [4.78, 5) is 11.8. The van der Waals surface area contributed by atoms with Gasteiger partial charge in [0.05, 0.1) is 0 Å². The number of rotatable bonds is 5. The monoisotopic (exact) mass is 250 g/mol. The minimum absolute atomic E-state index is 0.106. The first-order valence-corrected chi connectivity index (χ1v) is 6.21. The summed E-state index contributed by atoms with van der Waals surface area (Å²) in [6.45, 7) is 8.37. The SMILES string of the molecule is Cc1c(N)cccc1OC(C)C(=O)NCC(C)C. The highest BCUT2D eigenvalue weighted by Gasteiger charge is 2.15. The second-order valence-corrected chi connectivity index (χ2v) is 4.87. The number of hydrogen-bond acceptors (Lipinski definition) is 3. The lowest BCUT2D eigenvalue weighted by Crippen LogP contribution is -2.38. The molecule has 1 unspecified atom stereocenters. The van der Waals surface area contributed by atoms with Crippen LogP contribution in [0.5, 0.6) is 5.75 Å². The quantitative estimate of drug-likeness (QED) is 0.787. The van der Waals surface area contributed by atoms with Crippen molar-refractivity contribution in [1.82, 2.24) is 5.32 Å². The van der Waals surface area contributed by atoms with E-state index in [1.54, 1.807) is 6.92 Å². The molecule has 100 valence electrons. The van der Waals surface area contributed by atoms with E-state index in [-0.39, 0.29) is 5.91 Å². The zero-order chi connectivity index (χ0) is 13.7. The van der Waals surface area contributed by atoms with Crippen molar-refractivity contribution in [3.8, 4) is 5.75 Å². The summed E-state index contributed by atoms with van der Waals surface area (Å²) >= 11 is 0. The van der Waals surface area contributed by atoms with E-state index < -0.39 is 6.10 Å². The van der Waals surface area contributed by atoms with Gasteiger partial charge in [-0.1, -0.05) is 19.9 Å². The zero-order valence-corrected chi connectivity index (χ0v) is 11.5. The molecule has 0 aliphatic rings. The maximum absolute atomic E-state index is 11.8. The highest BCUT2D eigenvalue weighted by atomic mass is 16.5. The molecule has 0 aliphatic heterocycles. The molecule has 0 bridgehead atoms. The molecule has 1 aromatic carbocycles. The van der Waals surface area contributed by atoms with Crippen molar-refractivity contribution in [2.45, 2.75) is 33.8 Å². The van der Waals surface area contributed by atoms with E-state index in [0.717, 1.165) is 5.56 Å². The van der Waals surface area contributed by atoms with Gasteiger partial charge in [0.25, 0.3) is 5.91 Å². The molecule has 0 spiro atoms. The topological polar surface area (TPSA) is 64.3 Å². The second-order valence-electron chi connectivity index (χ2n) is 4.87. The van der Waals surface area contributed by atoms with Gasteiger partial charge < -0.3 is 15.8 Å². The van der Waals surface area contributed by atoms with E-state index in [0.29, 0.717) is 23.9 Å². The maximum atomic E-state index is 11.8. The molecule has 0 aliphatic carbocycles. The van der Waals surface area contributed by atoms with Crippen LogP contribution in [0, 0.1) is 12.8 Å². The van der Waals surface area contributed by atoms with E-state index in [1.807, 2.05) is 39.0 Å². The fraction of sp³-hybridized carbons (Fsp3) is 0.500. The van der Waals surface area contributed by atoms with Crippen molar-refractivity contribution < 1.29 is 9.53 Å². The first-order chi connectivity index (χ1) is 8.41. The summed E-state index contributed by atoms with van der Waals surface area (Å²) in [6.07, 6.45) is -0.524. The summed E-state index contributed by atoms with van der Waals surface area (Å²) in [7, 11) is 0. The van der Waals surface area contributed by atoms with E-state index in [1.165, 1.54) is 0 Å². The maximum Gasteiger partial charge on any atom is 0.260 e. The van der Waals surface area contributed by atoms with Crippen molar-refractivity contribution in [2.24, 2.45) is 5.92 Å². The Kier molecular flexibility index (Phi) is 5.01. The van der Waals surface area contributed by atoms with E-state index in [9.17, 15) is 4.79 Å². The second kappa shape index (κ2) is 6.28. The third kappa shape index (κ3) is 3.95. The number of carbonyl (C=O) groups is 1. The number of carbonyl (C=O) groups excluding carboxylic acids is 1. The Labute approximate surface area is 109 Å². The number of amides is 1. The Balaban J connectivity index is 2.61. The molecular weight excluding hydrogens is 228 g/mol. The average molecular weight is 250 g/mol. The van der Waals surface area contributed by atoms with Gasteiger partial charge in [-0.25, -0.2) is 0 Å². The fourth-order valence-corrected chi connectivity index (χ4v) is 1.45. The zero-order valence-electron chi connectivity index (χ0n) is 11.5. The predicted octanol–water partition coefficient (Wildman–Crippen LogP) is 2.12. The lowest BCUT2D eigenvalue weighted by molar-refractivity contribution is -0.127. The van der Waals surface area contributed by atoms with Crippen molar-refractivity contribution in [2.75, 3.05) is 12.3 Å². The van der Waals surface area contributed by atoms with Crippen LogP contribution in [-0.2, 0) is 4.79 Å². The van der Waals surface area contributed by atoms with Crippen molar-refractivity contribution in [3.63, 3.8) is 0 Å². The minimum Gasteiger partial charge on any atom is -0.481 e. The standard InChI is InChI=1S/C14H22N2O2/c1-9(2)8-16-14(17)11(4)18-13-7-5-6-12(15)10(13)3/h5-7,9,11H,8,15H2,1-4H3,(H,16,17). The summed E-state index contributed by atoms with van der Waals surface area (Å²) in [5.41, 5.74) is 7.32. The molecule has 0 saturated carbocycles. The third-order valence-corrected chi connectivity index (χ3v) is 2.68. The number of benzene rings is 1. The van der Waals surface area contributed by atoms with Crippen LogP contribution in [0.4, 0.5) is 5.69 Å². The molecule has 0 radical (unpaired) electrons. The Morgan fingerprint density at radius 2 is 2.06 bits per heavy atom. The third-order valence-electron chi connectivity index (χ3n) is 2.68. The summed E-state index contributed by atoms with van der Waals surface area (Å²) < 4.78 is 5.63. The van der Waals surface area contributed by atoms with E-state index >= 15 is 0 Å². The average Bonchev–Trinajstić information content (AvgIpc) is 2.31. The normalized spacial score (nSPS) is 12.3. The smallest absolute Gasteiger partial charge is 0.260 e. The molecule has 18 heavy (non-hydrogen) atoms. The number of ether oxygens (including phenoxy) is 1. The van der Waals surface area contributed by atoms with E-state index in [4.69, 9.17) is 10.5 Å². The lowest BCUT2D eigenvalue weighted by atomic mass is 10.2. The fourth-order valence-electron chi connectivity index (χ4n) is 1.45. The van der Waals surface area contributed by atoms with Crippen LogP contribution in [-0.4, -0.2) is 18.6 Å². The molecule has 1 amide bonds. The van der Waals surface area contributed by atoms with Crippen molar-refractivity contribution in [3.05, 3.63) is 23.8 Å². The molecule has 1 aromatic rings. The van der Waals surface area contributed by atoms with Gasteiger partial charge in [-0.3, -0.25) is 4.79 Å². The Hall–Kier alpha value is -1.71. The molecule has 0 fully saturated rings. The van der Waals surface area contributed by atoms with Gasteiger partial charge >= 0.3 is 0 Å². The number of nitrogens with one attached hydrogen (secondary N) is 1.